The van der Waals surface area contributed by atoms with E-state index >= 15 is 0 Å². The Balaban J connectivity index is 0.000000166. The first-order chi connectivity index (χ1) is 33.6. The molecule has 0 spiro atoms. The molecule has 0 bridgehead atoms. The highest BCUT2D eigenvalue weighted by atomic mass is 32.2. The van der Waals surface area contributed by atoms with Crippen molar-refractivity contribution in [1.82, 2.24) is 58.4 Å². The highest BCUT2D eigenvalue weighted by molar-refractivity contribution is 7.90. The van der Waals surface area contributed by atoms with Crippen molar-refractivity contribution >= 4 is 44.0 Å². The third-order valence-corrected chi connectivity index (χ3v) is 13.4. The van der Waals surface area contributed by atoms with E-state index in [4.69, 9.17) is 19.7 Å². The maximum atomic E-state index is 13.2. The molecule has 69 heavy (non-hydrogen) atoms. The predicted molar refractivity (Wildman–Crippen MR) is 259 cm³/mol. The third kappa shape index (κ3) is 9.81. The van der Waals surface area contributed by atoms with Gasteiger partial charge in [0.2, 0.25) is 11.9 Å². The normalized spacial score (nSPS) is 16.9. The van der Waals surface area contributed by atoms with Crippen LogP contribution in [0.25, 0.3) is 67.1 Å². The van der Waals surface area contributed by atoms with Crippen LogP contribution in [0.5, 0.6) is 0 Å². The molecule has 2 unspecified atom stereocenters. The number of anilines is 2. The second-order valence-corrected chi connectivity index (χ2v) is 18.8. The van der Waals surface area contributed by atoms with Crippen molar-refractivity contribution < 1.29 is 28.1 Å². The van der Waals surface area contributed by atoms with Crippen LogP contribution in [0.1, 0.15) is 38.8 Å². The summed E-state index contributed by atoms with van der Waals surface area (Å²) >= 11 is 0. The lowest BCUT2D eigenvalue weighted by Crippen LogP contribution is -2.16. The number of benzene rings is 1. The summed E-state index contributed by atoms with van der Waals surface area (Å²) < 4.78 is 42.7. The van der Waals surface area contributed by atoms with E-state index in [2.05, 4.69) is 51.6 Å². The Labute approximate surface area is 396 Å². The summed E-state index contributed by atoms with van der Waals surface area (Å²) in [5.41, 5.74) is 7.40. The second kappa shape index (κ2) is 19.7. The highest BCUT2D eigenvalue weighted by Gasteiger charge is 2.26. The van der Waals surface area contributed by atoms with E-state index in [1.165, 1.54) is 10.2 Å². The molecule has 2 fully saturated rings. The van der Waals surface area contributed by atoms with E-state index in [0.717, 1.165) is 64.1 Å². The van der Waals surface area contributed by atoms with Gasteiger partial charge in [-0.2, -0.15) is 10.2 Å². The van der Waals surface area contributed by atoms with Gasteiger partial charge in [-0.15, -0.1) is 0 Å². The van der Waals surface area contributed by atoms with Crippen LogP contribution in [0.3, 0.4) is 0 Å². The highest BCUT2D eigenvalue weighted by Crippen LogP contribution is 2.36. The van der Waals surface area contributed by atoms with Gasteiger partial charge in [0.25, 0.3) is 10.0 Å². The molecule has 2 saturated heterocycles. The van der Waals surface area contributed by atoms with Crippen LogP contribution in [-0.4, -0.2) is 129 Å². The Hall–Kier alpha value is -7.43. The summed E-state index contributed by atoms with van der Waals surface area (Å²) in [7, 11) is -3.80. The molecular formula is C48H50N14O6S. The summed E-state index contributed by atoms with van der Waals surface area (Å²) in [5.74, 6) is 0.864. The quantitative estimate of drug-likeness (QED) is 0.0840. The van der Waals surface area contributed by atoms with E-state index in [9.17, 15) is 18.6 Å². The lowest BCUT2D eigenvalue weighted by Gasteiger charge is -2.09. The molecule has 1 aromatic carbocycles. The van der Waals surface area contributed by atoms with Gasteiger partial charge in [0.05, 0.1) is 53.8 Å². The lowest BCUT2D eigenvalue weighted by molar-refractivity contribution is 0.184. The first kappa shape index (κ1) is 45.4. The van der Waals surface area contributed by atoms with E-state index in [1.807, 2.05) is 52.4 Å². The van der Waals surface area contributed by atoms with Gasteiger partial charge < -0.3 is 35.3 Å². The molecular weight excluding hydrogens is 901 g/mol. The fraction of sp³-hybridized carbons (Fsp3) is 0.292. The zero-order valence-electron chi connectivity index (χ0n) is 37.8. The number of nitrogens with zero attached hydrogens (tertiary/aromatic N) is 11. The second-order valence-electron chi connectivity index (χ2n) is 17.0. The standard InChI is InChI=1S/C27H27N7O4S.C21H23N7O2/c1-18(35)14-30-27-28-10-7-24(31-27)23-16-33(21-9-12-38-17-21)32-25(23)20-13-19-8-11-34(26(19)29-15-20)39(36,37)22-5-3-2-4-6-22;1-13(29)9-25-21-23-6-3-18(26-21)17-11-28(16-4-7-30-12-16)27-19(17)15-8-14-2-5-22-20(14)24-10-15/h2-8,10-11,13,15-16,18,21,35H,9,12,14,17H2,1H3,(H,28,30,31);2-3,5-6,8,10-11,13,16,29H,4,7,9,12H2,1H3,(H,22,24)(H,23,25,26)/t18-,21?;13-,16?/m00/s1. The molecule has 21 heteroatoms. The minimum atomic E-state index is -3.80. The van der Waals surface area contributed by atoms with Crippen molar-refractivity contribution in [2.75, 3.05) is 50.2 Å². The van der Waals surface area contributed by atoms with Crippen molar-refractivity contribution in [2.24, 2.45) is 0 Å². The zero-order chi connectivity index (χ0) is 47.5. The Morgan fingerprint density at radius 2 is 1.29 bits per heavy atom. The van der Waals surface area contributed by atoms with Crippen LogP contribution in [0.2, 0.25) is 0 Å². The van der Waals surface area contributed by atoms with Crippen molar-refractivity contribution in [2.45, 2.75) is 55.9 Å². The number of H-pyrrole nitrogens is 1. The van der Waals surface area contributed by atoms with Gasteiger partial charge in [0, 0.05) is 109 Å². The van der Waals surface area contributed by atoms with Crippen LogP contribution in [0.15, 0.2) is 121 Å². The van der Waals surface area contributed by atoms with Gasteiger partial charge in [0.1, 0.15) is 17.0 Å². The average molecular weight is 951 g/mol. The van der Waals surface area contributed by atoms with E-state index in [1.54, 1.807) is 74.9 Å². The third-order valence-electron chi connectivity index (χ3n) is 11.7. The number of hydrogen-bond acceptors (Lipinski definition) is 16. The van der Waals surface area contributed by atoms with Crippen LogP contribution in [0, 0.1) is 0 Å². The molecule has 0 aliphatic carbocycles. The van der Waals surface area contributed by atoms with E-state index < -0.39 is 22.2 Å². The van der Waals surface area contributed by atoms with Gasteiger partial charge in [-0.1, -0.05) is 18.2 Å². The predicted octanol–water partition coefficient (Wildman–Crippen LogP) is 5.99. The number of aromatic nitrogens is 12. The minimum absolute atomic E-state index is 0.0981. The summed E-state index contributed by atoms with van der Waals surface area (Å²) in [5, 5.41) is 36.8. The SMILES string of the molecule is C[C@H](O)CNc1nccc(-c2cn(C3CCOC3)nc2-c2cnc3[nH]ccc3c2)n1.C[C@H](O)CNc1nccc(-c2cn(C3CCOC3)nc2-c2cnc3c(ccn3S(=O)(=O)c3ccccc3)c2)n1. The molecule has 2 aliphatic rings. The van der Waals surface area contributed by atoms with Gasteiger partial charge in [-0.25, -0.2) is 42.3 Å². The Morgan fingerprint density at radius 1 is 0.725 bits per heavy atom. The molecule has 0 radical (unpaired) electrons. The lowest BCUT2D eigenvalue weighted by atomic mass is 10.1. The summed E-state index contributed by atoms with van der Waals surface area (Å²) in [6, 6.07) is 19.9. The van der Waals surface area contributed by atoms with Crippen LogP contribution < -0.4 is 10.6 Å². The fourth-order valence-corrected chi connectivity index (χ4v) is 9.51. The van der Waals surface area contributed by atoms with Crippen molar-refractivity contribution in [3.63, 3.8) is 0 Å². The molecule has 0 saturated carbocycles. The van der Waals surface area contributed by atoms with Crippen LogP contribution >= 0.6 is 0 Å². The molecule has 5 N–H and O–H groups in total. The maximum absolute atomic E-state index is 13.2. The summed E-state index contributed by atoms with van der Waals surface area (Å²) in [6.45, 7) is 6.74. The number of nitrogens with one attached hydrogen (secondary N) is 3. The number of fused-ring (bicyclic) bond motifs is 2. The first-order valence-electron chi connectivity index (χ1n) is 22.6. The Kier molecular flexibility index (Phi) is 12.9. The monoisotopic (exact) mass is 950 g/mol. The Morgan fingerprint density at radius 3 is 1.84 bits per heavy atom. The molecule has 4 atom stereocenters. The smallest absolute Gasteiger partial charge is 0.269 e. The van der Waals surface area contributed by atoms with Crippen molar-refractivity contribution in [3.8, 4) is 45.0 Å². The molecule has 11 rings (SSSR count). The van der Waals surface area contributed by atoms with Crippen molar-refractivity contribution in [3.05, 3.63) is 116 Å². The number of pyridine rings is 2. The summed E-state index contributed by atoms with van der Waals surface area (Å²) in [6.07, 6.45) is 14.9. The zero-order valence-corrected chi connectivity index (χ0v) is 38.6. The van der Waals surface area contributed by atoms with E-state index in [0.29, 0.717) is 67.2 Å². The maximum Gasteiger partial charge on any atom is 0.269 e. The van der Waals surface area contributed by atoms with Gasteiger partial charge in [0.15, 0.2) is 5.65 Å². The van der Waals surface area contributed by atoms with Crippen molar-refractivity contribution in [1.29, 1.82) is 0 Å². The van der Waals surface area contributed by atoms with Gasteiger partial charge in [-0.05, 0) is 75.2 Å². The molecule has 354 valence electrons. The fourth-order valence-electron chi connectivity index (χ4n) is 8.18. The molecule has 0 amide bonds. The molecule has 20 nitrogen and oxygen atoms in total. The number of hydrogen-bond donors (Lipinski definition) is 5. The van der Waals surface area contributed by atoms with E-state index in [-0.39, 0.29) is 17.0 Å². The number of aromatic amines is 1. The number of aliphatic hydroxyl groups excluding tert-OH is 2. The van der Waals surface area contributed by atoms with Crippen LogP contribution in [-0.2, 0) is 19.5 Å². The van der Waals surface area contributed by atoms with Gasteiger partial charge >= 0.3 is 0 Å². The summed E-state index contributed by atoms with van der Waals surface area (Å²) in [4.78, 5) is 30.2. The molecule has 10 heterocycles. The number of aliphatic hydroxyl groups is 2. The first-order valence-corrected chi connectivity index (χ1v) is 24.1. The molecule has 8 aromatic heterocycles. The molecule has 2 aliphatic heterocycles. The topological polar surface area (TPSA) is 251 Å². The Bertz CT molecular complexity index is 3320. The minimum Gasteiger partial charge on any atom is -0.392 e. The average Bonchev–Trinajstić information content (AvgIpc) is 4.23. The van der Waals surface area contributed by atoms with Gasteiger partial charge in [-0.3, -0.25) is 9.36 Å². The number of ether oxygens (including phenoxy) is 2. The largest absolute Gasteiger partial charge is 0.392 e. The number of rotatable bonds is 14. The van der Waals surface area contributed by atoms with Crippen LogP contribution in [0.4, 0.5) is 11.9 Å². The molecule has 9 aromatic rings.